The molecule has 0 unspecified atom stereocenters. The number of rotatable bonds is 6. The van der Waals surface area contributed by atoms with E-state index in [9.17, 15) is 14.4 Å². The van der Waals surface area contributed by atoms with Crippen LogP contribution in [0.2, 0.25) is 0 Å². The van der Waals surface area contributed by atoms with Gasteiger partial charge in [0.2, 0.25) is 0 Å². The number of nitrogens with one attached hydrogen (secondary N) is 1. The molecule has 0 spiro atoms. The highest BCUT2D eigenvalue weighted by Gasteiger charge is 2.24. The molecule has 0 aliphatic heterocycles. The number of carbonyl (C=O) groups is 3. The minimum atomic E-state index is -1.35. The molecule has 1 atom stereocenters. The molecule has 0 aliphatic carbocycles. The van der Waals surface area contributed by atoms with Crippen LogP contribution < -0.4 is 10.1 Å². The summed E-state index contributed by atoms with van der Waals surface area (Å²) in [6.45, 7) is 0. The number of esters is 1. The van der Waals surface area contributed by atoms with Gasteiger partial charge in [0, 0.05) is 5.56 Å². The highest BCUT2D eigenvalue weighted by Crippen LogP contribution is 2.12. The zero-order valence-corrected chi connectivity index (χ0v) is 11.1. The highest BCUT2D eigenvalue weighted by molar-refractivity contribution is 5.97. The molecule has 0 saturated carbocycles. The van der Waals surface area contributed by atoms with E-state index in [0.29, 0.717) is 5.75 Å². The number of carboxylic acid groups (broad SMARTS) is 1. The van der Waals surface area contributed by atoms with E-state index < -0.39 is 30.3 Å². The Morgan fingerprint density at radius 3 is 2.55 bits per heavy atom. The molecule has 108 valence electrons. The zero-order valence-electron chi connectivity index (χ0n) is 11.1. The molecule has 0 radical (unpaired) electrons. The summed E-state index contributed by atoms with van der Waals surface area (Å²) in [5, 5.41) is 11.2. The minimum Gasteiger partial charge on any atom is -0.497 e. The Morgan fingerprint density at radius 1 is 1.30 bits per heavy atom. The van der Waals surface area contributed by atoms with Crippen molar-refractivity contribution in [2.45, 2.75) is 12.5 Å². The number of ether oxygens (including phenoxy) is 2. The molecule has 20 heavy (non-hydrogen) atoms. The third-order valence-electron chi connectivity index (χ3n) is 2.53. The van der Waals surface area contributed by atoms with Gasteiger partial charge in [-0.1, -0.05) is 6.07 Å². The van der Waals surface area contributed by atoms with Crippen LogP contribution in [0.1, 0.15) is 16.8 Å². The smallest absolute Gasteiger partial charge is 0.326 e. The molecule has 1 aromatic carbocycles. The first-order chi connectivity index (χ1) is 9.47. The van der Waals surface area contributed by atoms with Crippen molar-refractivity contribution in [3.05, 3.63) is 29.8 Å². The van der Waals surface area contributed by atoms with Crippen molar-refractivity contribution in [3.63, 3.8) is 0 Å². The standard InChI is InChI=1S/C13H15NO6/c1-19-9-5-3-4-8(6-9)12(16)14-10(13(17)18)7-11(15)20-2/h3-6,10H,7H2,1-2H3,(H,14,16)(H,17,18)/t10-/m0/s1. The van der Waals surface area contributed by atoms with Gasteiger partial charge in [-0.15, -0.1) is 0 Å². The molecule has 0 aliphatic rings. The normalized spacial score (nSPS) is 11.3. The maximum absolute atomic E-state index is 11.9. The van der Waals surface area contributed by atoms with E-state index in [2.05, 4.69) is 10.1 Å². The van der Waals surface area contributed by atoms with Gasteiger partial charge in [0.25, 0.3) is 5.91 Å². The Hall–Kier alpha value is -2.57. The average molecular weight is 281 g/mol. The summed E-state index contributed by atoms with van der Waals surface area (Å²) >= 11 is 0. The quantitative estimate of drug-likeness (QED) is 0.734. The number of methoxy groups -OCH3 is 2. The van der Waals surface area contributed by atoms with Gasteiger partial charge in [0.05, 0.1) is 20.6 Å². The van der Waals surface area contributed by atoms with Gasteiger partial charge in [-0.3, -0.25) is 9.59 Å². The lowest BCUT2D eigenvalue weighted by molar-refractivity contribution is -0.147. The van der Waals surface area contributed by atoms with E-state index in [0.717, 1.165) is 7.11 Å². The number of hydrogen-bond acceptors (Lipinski definition) is 5. The summed E-state index contributed by atoms with van der Waals surface area (Å²) in [6.07, 6.45) is -0.443. The molecule has 0 bridgehead atoms. The summed E-state index contributed by atoms with van der Waals surface area (Å²) in [4.78, 5) is 34.0. The fourth-order valence-corrected chi connectivity index (χ4v) is 1.46. The van der Waals surface area contributed by atoms with E-state index in [-0.39, 0.29) is 5.56 Å². The second-order valence-electron chi connectivity index (χ2n) is 3.88. The number of aliphatic carboxylic acids is 1. The van der Waals surface area contributed by atoms with Crippen LogP contribution in [-0.2, 0) is 14.3 Å². The van der Waals surface area contributed by atoms with Gasteiger partial charge < -0.3 is 19.9 Å². The Kier molecular flexibility index (Phi) is 5.52. The topological polar surface area (TPSA) is 102 Å². The molecule has 2 N–H and O–H groups in total. The number of carboxylic acids is 1. The van der Waals surface area contributed by atoms with Crippen LogP contribution in [0, 0.1) is 0 Å². The number of amides is 1. The first kappa shape index (κ1) is 15.5. The lowest BCUT2D eigenvalue weighted by atomic mass is 10.1. The second-order valence-corrected chi connectivity index (χ2v) is 3.88. The summed E-state index contributed by atoms with van der Waals surface area (Å²) in [5.41, 5.74) is 0.237. The Bertz CT molecular complexity index is 513. The van der Waals surface area contributed by atoms with Crippen molar-refractivity contribution in [1.29, 1.82) is 0 Å². The summed E-state index contributed by atoms with van der Waals surface area (Å²) in [7, 11) is 2.60. The van der Waals surface area contributed by atoms with E-state index in [1.54, 1.807) is 12.1 Å². The monoisotopic (exact) mass is 281 g/mol. The second kappa shape index (κ2) is 7.13. The van der Waals surface area contributed by atoms with Gasteiger partial charge >= 0.3 is 11.9 Å². The molecule has 0 heterocycles. The molecular formula is C13H15NO6. The van der Waals surface area contributed by atoms with E-state index >= 15 is 0 Å². The molecule has 0 fully saturated rings. The molecule has 1 rings (SSSR count). The number of hydrogen-bond donors (Lipinski definition) is 2. The third-order valence-corrected chi connectivity index (χ3v) is 2.53. The first-order valence-corrected chi connectivity index (χ1v) is 5.72. The predicted molar refractivity (Wildman–Crippen MR) is 68.5 cm³/mol. The largest absolute Gasteiger partial charge is 0.497 e. The van der Waals surface area contributed by atoms with Crippen LogP contribution >= 0.6 is 0 Å². The van der Waals surface area contributed by atoms with E-state index in [4.69, 9.17) is 9.84 Å². The molecule has 7 nitrogen and oxygen atoms in total. The van der Waals surface area contributed by atoms with Crippen LogP contribution in [0.5, 0.6) is 5.75 Å². The fourth-order valence-electron chi connectivity index (χ4n) is 1.46. The van der Waals surface area contributed by atoms with Crippen molar-refractivity contribution in [3.8, 4) is 5.75 Å². The molecule has 0 aromatic heterocycles. The Balaban J connectivity index is 2.79. The van der Waals surface area contributed by atoms with Crippen molar-refractivity contribution < 1.29 is 29.0 Å². The van der Waals surface area contributed by atoms with Gasteiger partial charge in [0.15, 0.2) is 0 Å². The minimum absolute atomic E-state index is 0.237. The van der Waals surface area contributed by atoms with Crippen molar-refractivity contribution in [1.82, 2.24) is 5.32 Å². The van der Waals surface area contributed by atoms with E-state index in [1.807, 2.05) is 0 Å². The maximum atomic E-state index is 11.9. The Morgan fingerprint density at radius 2 is 2.00 bits per heavy atom. The van der Waals surface area contributed by atoms with Crippen LogP contribution in [0.3, 0.4) is 0 Å². The maximum Gasteiger partial charge on any atom is 0.326 e. The van der Waals surface area contributed by atoms with Crippen LogP contribution in [0.25, 0.3) is 0 Å². The van der Waals surface area contributed by atoms with Crippen molar-refractivity contribution in [2.75, 3.05) is 14.2 Å². The van der Waals surface area contributed by atoms with Crippen LogP contribution in [0.4, 0.5) is 0 Å². The number of benzene rings is 1. The lowest BCUT2D eigenvalue weighted by Crippen LogP contribution is -2.42. The molecule has 1 aromatic rings. The average Bonchev–Trinajstić information content (AvgIpc) is 2.46. The van der Waals surface area contributed by atoms with Crippen molar-refractivity contribution >= 4 is 17.8 Å². The molecule has 0 saturated heterocycles. The van der Waals surface area contributed by atoms with Crippen LogP contribution in [0.15, 0.2) is 24.3 Å². The summed E-state index contributed by atoms with van der Waals surface area (Å²) < 4.78 is 9.35. The zero-order chi connectivity index (χ0) is 15.1. The summed E-state index contributed by atoms with van der Waals surface area (Å²) in [6, 6.07) is 4.88. The Labute approximate surface area is 115 Å². The molecule has 1 amide bonds. The highest BCUT2D eigenvalue weighted by atomic mass is 16.5. The van der Waals surface area contributed by atoms with Gasteiger partial charge in [-0.2, -0.15) is 0 Å². The number of carbonyl (C=O) groups excluding carboxylic acids is 2. The fraction of sp³-hybridized carbons (Fsp3) is 0.308. The SMILES string of the molecule is COC(=O)C[C@H](NC(=O)c1cccc(OC)c1)C(=O)O. The first-order valence-electron chi connectivity index (χ1n) is 5.72. The summed E-state index contributed by atoms with van der Waals surface area (Å²) in [5.74, 6) is -2.17. The molecule has 7 heteroatoms. The lowest BCUT2D eigenvalue weighted by Gasteiger charge is -2.13. The van der Waals surface area contributed by atoms with E-state index in [1.165, 1.54) is 19.2 Å². The predicted octanol–water partition coefficient (Wildman–Crippen LogP) is 0.441. The van der Waals surface area contributed by atoms with Gasteiger partial charge in [-0.25, -0.2) is 4.79 Å². The molecular weight excluding hydrogens is 266 g/mol. The van der Waals surface area contributed by atoms with Crippen LogP contribution in [-0.4, -0.2) is 43.2 Å². The van der Waals surface area contributed by atoms with Gasteiger partial charge in [-0.05, 0) is 18.2 Å². The van der Waals surface area contributed by atoms with Crippen molar-refractivity contribution in [2.24, 2.45) is 0 Å². The third kappa shape index (κ3) is 4.27. The van der Waals surface area contributed by atoms with Gasteiger partial charge in [0.1, 0.15) is 11.8 Å².